The largest absolute Gasteiger partial charge is 0.342 e. The zero-order chi connectivity index (χ0) is 23.5. The molecule has 1 aliphatic rings. The molecule has 0 fully saturated rings. The predicted molar refractivity (Wildman–Crippen MR) is 133 cm³/mol. The smallest absolute Gasteiger partial charge is 0.254 e. The first kappa shape index (κ1) is 22.2. The number of aromatic nitrogens is 4. The topological polar surface area (TPSA) is 89.8 Å². The van der Waals surface area contributed by atoms with Crippen LogP contribution in [0.4, 0.5) is 0 Å². The van der Waals surface area contributed by atoms with Gasteiger partial charge in [-0.1, -0.05) is 28.1 Å². The van der Waals surface area contributed by atoms with Crippen LogP contribution in [0.15, 0.2) is 82.6 Å². The summed E-state index contributed by atoms with van der Waals surface area (Å²) in [5.74, 6) is 0.343. The first-order valence-electron chi connectivity index (χ1n) is 11.1. The monoisotopic (exact) mass is 515 g/mol. The van der Waals surface area contributed by atoms with Gasteiger partial charge in [-0.25, -0.2) is 4.98 Å². The SMILES string of the molecule is O=C(NC1CCCCn2c1nc(-c1ccncc1)cc2=O)c1cncc(-c2ccc(Br)cc2)c1. The molecule has 1 atom stereocenters. The average Bonchev–Trinajstić information content (AvgIpc) is 3.07. The summed E-state index contributed by atoms with van der Waals surface area (Å²) in [7, 11) is 0. The highest BCUT2D eigenvalue weighted by Gasteiger charge is 2.24. The Morgan fingerprint density at radius 2 is 1.74 bits per heavy atom. The van der Waals surface area contributed by atoms with E-state index in [0.29, 0.717) is 30.0 Å². The van der Waals surface area contributed by atoms with Gasteiger partial charge < -0.3 is 5.32 Å². The molecule has 0 saturated heterocycles. The number of nitrogens with one attached hydrogen (secondary N) is 1. The van der Waals surface area contributed by atoms with Crippen LogP contribution in [-0.2, 0) is 6.54 Å². The van der Waals surface area contributed by atoms with Crippen molar-refractivity contribution in [1.82, 2.24) is 24.8 Å². The fourth-order valence-electron chi connectivity index (χ4n) is 4.18. The van der Waals surface area contributed by atoms with Crippen LogP contribution in [-0.4, -0.2) is 25.4 Å². The maximum Gasteiger partial charge on any atom is 0.254 e. The van der Waals surface area contributed by atoms with Gasteiger partial charge in [-0.15, -0.1) is 0 Å². The molecule has 0 aliphatic carbocycles. The van der Waals surface area contributed by atoms with E-state index in [4.69, 9.17) is 4.98 Å². The molecule has 34 heavy (non-hydrogen) atoms. The standard InChI is InChI=1S/C26H22BrN5O2/c27-21-6-4-17(5-7-21)19-13-20(16-29-15-19)26(34)31-22-3-1-2-12-32-24(33)14-23(30-25(22)32)18-8-10-28-11-9-18/h4-11,13-16,22H,1-3,12H2,(H,31,34). The molecular weight excluding hydrogens is 494 g/mol. The van der Waals surface area contributed by atoms with Crippen molar-refractivity contribution in [3.05, 3.63) is 99.5 Å². The molecule has 5 rings (SSSR count). The lowest BCUT2D eigenvalue weighted by Gasteiger charge is -2.20. The van der Waals surface area contributed by atoms with Crippen molar-refractivity contribution in [1.29, 1.82) is 0 Å². The first-order valence-corrected chi connectivity index (χ1v) is 11.9. The van der Waals surface area contributed by atoms with Gasteiger partial charge in [-0.3, -0.25) is 24.1 Å². The molecule has 0 saturated carbocycles. The quantitative estimate of drug-likeness (QED) is 0.422. The van der Waals surface area contributed by atoms with Gasteiger partial charge in [0.05, 0.1) is 17.3 Å². The Balaban J connectivity index is 1.46. The molecule has 4 aromatic rings. The Morgan fingerprint density at radius 1 is 0.941 bits per heavy atom. The zero-order valence-corrected chi connectivity index (χ0v) is 19.9. The van der Waals surface area contributed by atoms with E-state index >= 15 is 0 Å². The van der Waals surface area contributed by atoms with Gasteiger partial charge in [-0.2, -0.15) is 0 Å². The summed E-state index contributed by atoms with van der Waals surface area (Å²) in [6, 6.07) is 14.5. The summed E-state index contributed by atoms with van der Waals surface area (Å²) in [5, 5.41) is 3.10. The minimum atomic E-state index is -0.374. The Bertz CT molecular complexity index is 1390. The van der Waals surface area contributed by atoms with Gasteiger partial charge in [0.2, 0.25) is 0 Å². The van der Waals surface area contributed by atoms with Gasteiger partial charge in [0.25, 0.3) is 11.5 Å². The molecular formula is C26H22BrN5O2. The van der Waals surface area contributed by atoms with E-state index in [1.165, 1.54) is 0 Å². The van der Waals surface area contributed by atoms with Crippen LogP contribution in [0.1, 0.15) is 41.5 Å². The number of rotatable bonds is 4. The van der Waals surface area contributed by atoms with Crippen LogP contribution in [0.3, 0.4) is 0 Å². The van der Waals surface area contributed by atoms with Gasteiger partial charge in [0.1, 0.15) is 5.82 Å². The van der Waals surface area contributed by atoms with Gasteiger partial charge in [-0.05, 0) is 55.2 Å². The molecule has 0 radical (unpaired) electrons. The molecule has 1 aromatic carbocycles. The normalized spacial score (nSPS) is 15.3. The number of amides is 1. The average molecular weight is 516 g/mol. The third-order valence-electron chi connectivity index (χ3n) is 5.93. The first-order chi connectivity index (χ1) is 16.6. The highest BCUT2D eigenvalue weighted by atomic mass is 79.9. The molecule has 0 bridgehead atoms. The fourth-order valence-corrected chi connectivity index (χ4v) is 4.44. The zero-order valence-electron chi connectivity index (χ0n) is 18.3. The molecule has 1 aliphatic heterocycles. The van der Waals surface area contributed by atoms with Crippen molar-refractivity contribution in [3.8, 4) is 22.4 Å². The van der Waals surface area contributed by atoms with E-state index in [1.807, 2.05) is 42.5 Å². The number of carbonyl (C=O) groups is 1. The van der Waals surface area contributed by atoms with Crippen LogP contribution >= 0.6 is 15.9 Å². The summed E-state index contributed by atoms with van der Waals surface area (Å²) in [6.07, 6.45) is 9.09. The minimum absolute atomic E-state index is 0.114. The Morgan fingerprint density at radius 3 is 2.53 bits per heavy atom. The lowest BCUT2D eigenvalue weighted by molar-refractivity contribution is 0.0932. The molecule has 1 unspecified atom stereocenters. The lowest BCUT2D eigenvalue weighted by Crippen LogP contribution is -2.34. The number of fused-ring (bicyclic) bond motifs is 1. The molecule has 0 spiro atoms. The fraction of sp³-hybridized carbons (Fsp3) is 0.192. The Labute approximate surface area is 205 Å². The summed E-state index contributed by atoms with van der Waals surface area (Å²) in [4.78, 5) is 39.3. The van der Waals surface area contributed by atoms with Crippen molar-refractivity contribution in [2.24, 2.45) is 0 Å². The van der Waals surface area contributed by atoms with E-state index in [-0.39, 0.29) is 17.5 Å². The number of pyridine rings is 2. The number of nitrogens with zero attached hydrogens (tertiary/aromatic N) is 4. The van der Waals surface area contributed by atoms with E-state index in [2.05, 4.69) is 31.2 Å². The maximum absolute atomic E-state index is 13.2. The van der Waals surface area contributed by atoms with Crippen LogP contribution in [0, 0.1) is 0 Å². The second kappa shape index (κ2) is 9.69. The van der Waals surface area contributed by atoms with Crippen LogP contribution < -0.4 is 10.9 Å². The van der Waals surface area contributed by atoms with Crippen molar-refractivity contribution < 1.29 is 4.79 Å². The predicted octanol–water partition coefficient (Wildman–Crippen LogP) is 4.78. The molecule has 1 amide bonds. The van der Waals surface area contributed by atoms with Gasteiger partial charge in [0, 0.05) is 53.0 Å². The van der Waals surface area contributed by atoms with Gasteiger partial charge in [0.15, 0.2) is 0 Å². The Kier molecular flexibility index (Phi) is 6.31. The second-order valence-corrected chi connectivity index (χ2v) is 9.13. The van der Waals surface area contributed by atoms with Crippen molar-refractivity contribution in [3.63, 3.8) is 0 Å². The van der Waals surface area contributed by atoms with Crippen LogP contribution in [0.25, 0.3) is 22.4 Å². The highest BCUT2D eigenvalue weighted by molar-refractivity contribution is 9.10. The van der Waals surface area contributed by atoms with E-state index in [1.54, 1.807) is 35.4 Å². The number of benzene rings is 1. The van der Waals surface area contributed by atoms with Gasteiger partial charge >= 0.3 is 0 Å². The number of hydrogen-bond acceptors (Lipinski definition) is 5. The maximum atomic E-state index is 13.2. The van der Waals surface area contributed by atoms with E-state index < -0.39 is 0 Å². The number of halogens is 1. The highest BCUT2D eigenvalue weighted by Crippen LogP contribution is 2.26. The van der Waals surface area contributed by atoms with E-state index in [0.717, 1.165) is 34.0 Å². The summed E-state index contributed by atoms with van der Waals surface area (Å²) in [5.41, 5.74) is 3.58. The number of carbonyl (C=O) groups excluding carboxylic acids is 1. The molecule has 3 aromatic heterocycles. The molecule has 170 valence electrons. The molecule has 4 heterocycles. The summed E-state index contributed by atoms with van der Waals surface area (Å²) < 4.78 is 2.66. The van der Waals surface area contributed by atoms with Crippen LogP contribution in [0.5, 0.6) is 0 Å². The summed E-state index contributed by atoms with van der Waals surface area (Å²) in [6.45, 7) is 0.588. The Hall–Kier alpha value is -3.65. The number of hydrogen-bond donors (Lipinski definition) is 1. The van der Waals surface area contributed by atoms with Crippen LogP contribution in [0.2, 0.25) is 0 Å². The van der Waals surface area contributed by atoms with Crippen molar-refractivity contribution in [2.45, 2.75) is 31.8 Å². The molecule has 7 nitrogen and oxygen atoms in total. The van der Waals surface area contributed by atoms with E-state index in [9.17, 15) is 9.59 Å². The third kappa shape index (κ3) is 4.68. The summed E-state index contributed by atoms with van der Waals surface area (Å²) >= 11 is 3.44. The lowest BCUT2D eigenvalue weighted by atomic mass is 10.1. The van der Waals surface area contributed by atoms with Crippen molar-refractivity contribution in [2.75, 3.05) is 0 Å². The second-order valence-electron chi connectivity index (χ2n) is 8.22. The third-order valence-corrected chi connectivity index (χ3v) is 6.46. The minimum Gasteiger partial charge on any atom is -0.342 e. The molecule has 8 heteroatoms. The molecule has 1 N–H and O–H groups in total. The van der Waals surface area contributed by atoms with Crippen molar-refractivity contribution >= 4 is 21.8 Å².